The lowest BCUT2D eigenvalue weighted by Crippen LogP contribution is -2.28. The summed E-state index contributed by atoms with van der Waals surface area (Å²) in [5, 5.41) is 4.09. The molecule has 2 heterocycles. The summed E-state index contributed by atoms with van der Waals surface area (Å²) in [7, 11) is 0. The fraction of sp³-hybridized carbons (Fsp3) is 0.400. The number of aliphatic imine (C=N–C) groups is 1. The maximum atomic E-state index is 12.0. The fourth-order valence-corrected chi connectivity index (χ4v) is 2.91. The van der Waals surface area contributed by atoms with E-state index in [-0.39, 0.29) is 11.9 Å². The molecule has 0 aromatic carbocycles. The summed E-state index contributed by atoms with van der Waals surface area (Å²) in [6.07, 6.45) is 3.38. The molecule has 2 rings (SSSR count). The summed E-state index contributed by atoms with van der Waals surface area (Å²) in [4.78, 5) is 23.3. The molecule has 5 nitrogen and oxygen atoms in total. The van der Waals surface area contributed by atoms with Crippen LogP contribution in [0, 0.1) is 4.64 Å². The summed E-state index contributed by atoms with van der Waals surface area (Å²) in [5.74, 6) is 0.628. The van der Waals surface area contributed by atoms with E-state index in [2.05, 4.69) is 20.3 Å². The number of nitrogens with one attached hydrogen (secondary N) is 2. The Kier molecular flexibility index (Phi) is 4.41. The van der Waals surface area contributed by atoms with Crippen molar-refractivity contribution in [3.8, 4) is 0 Å². The topological polar surface area (TPSA) is 70.1 Å². The number of amides is 1. The van der Waals surface area contributed by atoms with Gasteiger partial charge < -0.3 is 10.3 Å². The SMILES string of the molecule is CSc1ncc(C(=O)NC2=NC(C)CS2)c(=S)[nH]1. The van der Waals surface area contributed by atoms with Crippen LogP contribution < -0.4 is 5.32 Å². The van der Waals surface area contributed by atoms with Gasteiger partial charge in [-0.1, -0.05) is 35.7 Å². The summed E-state index contributed by atoms with van der Waals surface area (Å²) in [5.41, 5.74) is 0.366. The average Bonchev–Trinajstić information content (AvgIpc) is 2.74. The first kappa shape index (κ1) is 13.6. The van der Waals surface area contributed by atoms with Crippen molar-refractivity contribution in [3.05, 3.63) is 16.4 Å². The largest absolute Gasteiger partial charge is 0.325 e. The quantitative estimate of drug-likeness (QED) is 0.497. The zero-order valence-corrected chi connectivity index (χ0v) is 12.3. The number of nitrogens with zero attached hydrogens (tertiary/aromatic N) is 2. The Balaban J connectivity index is 2.14. The van der Waals surface area contributed by atoms with Crippen LogP contribution in [0.3, 0.4) is 0 Å². The highest BCUT2D eigenvalue weighted by Gasteiger charge is 2.18. The molecule has 0 aliphatic carbocycles. The summed E-state index contributed by atoms with van der Waals surface area (Å²) >= 11 is 8.11. The Morgan fingerprint density at radius 2 is 2.50 bits per heavy atom. The smallest absolute Gasteiger partial charge is 0.261 e. The van der Waals surface area contributed by atoms with Gasteiger partial charge >= 0.3 is 0 Å². The summed E-state index contributed by atoms with van der Waals surface area (Å²) in [6.45, 7) is 2.01. The van der Waals surface area contributed by atoms with Crippen LogP contribution in [0.15, 0.2) is 16.3 Å². The Labute approximate surface area is 118 Å². The molecule has 1 unspecified atom stereocenters. The highest BCUT2D eigenvalue weighted by molar-refractivity contribution is 8.14. The molecule has 1 aromatic rings. The standard InChI is InChI=1S/C10H12N4OS3/c1-5-4-18-10(12-5)13-7(15)6-3-11-9(17-2)14-8(6)16/h3,5H,4H2,1-2H3,(H,11,14,16)(H,12,13,15). The van der Waals surface area contributed by atoms with Gasteiger partial charge in [-0.25, -0.2) is 4.98 Å². The van der Waals surface area contributed by atoms with Crippen LogP contribution in [0.4, 0.5) is 0 Å². The lowest BCUT2D eigenvalue weighted by molar-refractivity contribution is 0.0976. The van der Waals surface area contributed by atoms with E-state index in [1.54, 1.807) is 0 Å². The lowest BCUT2D eigenvalue weighted by Gasteiger charge is -2.04. The van der Waals surface area contributed by atoms with Gasteiger partial charge in [0.2, 0.25) is 0 Å². The molecule has 96 valence electrons. The average molecular weight is 300 g/mol. The van der Waals surface area contributed by atoms with Crippen LogP contribution in [-0.2, 0) is 0 Å². The normalized spacial score (nSPS) is 18.6. The van der Waals surface area contributed by atoms with Crippen LogP contribution in [0.25, 0.3) is 0 Å². The minimum absolute atomic E-state index is 0.247. The first-order chi connectivity index (χ1) is 8.60. The molecule has 0 fully saturated rings. The first-order valence-corrected chi connectivity index (χ1v) is 7.87. The number of thioether (sulfide) groups is 2. The van der Waals surface area contributed by atoms with Crippen molar-refractivity contribution in [3.63, 3.8) is 0 Å². The zero-order valence-electron chi connectivity index (χ0n) is 9.89. The van der Waals surface area contributed by atoms with Crippen molar-refractivity contribution in [1.29, 1.82) is 0 Å². The number of aromatic nitrogens is 2. The molecule has 1 atom stereocenters. The third-order valence-corrected chi connectivity index (χ3v) is 4.28. The molecular formula is C10H12N4OS3. The first-order valence-electron chi connectivity index (χ1n) is 5.25. The lowest BCUT2D eigenvalue weighted by atomic mass is 10.3. The van der Waals surface area contributed by atoms with Gasteiger partial charge in [0.05, 0.1) is 11.6 Å². The van der Waals surface area contributed by atoms with Gasteiger partial charge in [-0.2, -0.15) is 0 Å². The van der Waals surface area contributed by atoms with Gasteiger partial charge in [0.15, 0.2) is 10.3 Å². The monoisotopic (exact) mass is 300 g/mol. The van der Waals surface area contributed by atoms with E-state index in [0.29, 0.717) is 20.5 Å². The van der Waals surface area contributed by atoms with Crippen molar-refractivity contribution in [2.24, 2.45) is 4.99 Å². The zero-order chi connectivity index (χ0) is 13.1. The van der Waals surface area contributed by atoms with E-state index >= 15 is 0 Å². The third-order valence-electron chi connectivity index (χ3n) is 2.23. The van der Waals surface area contributed by atoms with Gasteiger partial charge in [-0.05, 0) is 13.2 Å². The molecule has 8 heteroatoms. The molecule has 2 N–H and O–H groups in total. The Hall–Kier alpha value is -0.860. The number of hydrogen-bond acceptors (Lipinski definition) is 6. The van der Waals surface area contributed by atoms with Gasteiger partial charge in [0.25, 0.3) is 5.91 Å². The van der Waals surface area contributed by atoms with E-state index in [4.69, 9.17) is 12.2 Å². The second-order valence-electron chi connectivity index (χ2n) is 3.68. The Morgan fingerprint density at radius 1 is 1.72 bits per heavy atom. The van der Waals surface area contributed by atoms with Gasteiger partial charge in [-0.3, -0.25) is 9.79 Å². The molecule has 0 bridgehead atoms. The Bertz CT molecular complexity index is 554. The van der Waals surface area contributed by atoms with Gasteiger partial charge in [0.1, 0.15) is 4.64 Å². The van der Waals surface area contributed by atoms with Crippen molar-refractivity contribution in [2.75, 3.05) is 12.0 Å². The van der Waals surface area contributed by atoms with Crippen molar-refractivity contribution >= 4 is 46.8 Å². The van der Waals surface area contributed by atoms with Gasteiger partial charge in [-0.15, -0.1) is 0 Å². The highest BCUT2D eigenvalue weighted by atomic mass is 32.2. The highest BCUT2D eigenvalue weighted by Crippen LogP contribution is 2.16. The number of aromatic amines is 1. The maximum Gasteiger partial charge on any atom is 0.261 e. The van der Waals surface area contributed by atoms with Crippen molar-refractivity contribution < 1.29 is 4.79 Å². The van der Waals surface area contributed by atoms with Crippen molar-refractivity contribution in [2.45, 2.75) is 18.1 Å². The molecule has 1 aliphatic heterocycles. The molecule has 1 aromatic heterocycles. The summed E-state index contributed by atoms with van der Waals surface area (Å²) in [6, 6.07) is 0.247. The fourth-order valence-electron chi connectivity index (χ4n) is 1.35. The van der Waals surface area contributed by atoms with Crippen LogP contribution >= 0.6 is 35.7 Å². The third kappa shape index (κ3) is 3.12. The Morgan fingerprint density at radius 3 is 3.06 bits per heavy atom. The number of amidine groups is 1. The number of rotatable bonds is 2. The molecule has 1 amide bonds. The van der Waals surface area contributed by atoms with Crippen LogP contribution in [0.2, 0.25) is 0 Å². The predicted molar refractivity (Wildman–Crippen MR) is 78.0 cm³/mol. The van der Waals surface area contributed by atoms with Gasteiger partial charge in [0, 0.05) is 11.9 Å². The van der Waals surface area contributed by atoms with E-state index in [9.17, 15) is 4.79 Å². The van der Waals surface area contributed by atoms with Crippen molar-refractivity contribution in [1.82, 2.24) is 15.3 Å². The van der Waals surface area contributed by atoms with E-state index < -0.39 is 0 Å². The molecule has 0 saturated heterocycles. The molecule has 0 saturated carbocycles. The van der Waals surface area contributed by atoms with Crippen LogP contribution in [0.5, 0.6) is 0 Å². The molecule has 1 aliphatic rings. The predicted octanol–water partition coefficient (Wildman–Crippen LogP) is 2.08. The molecule has 18 heavy (non-hydrogen) atoms. The van der Waals surface area contributed by atoms with E-state index in [1.165, 1.54) is 29.7 Å². The second kappa shape index (κ2) is 5.85. The summed E-state index contributed by atoms with van der Waals surface area (Å²) < 4.78 is 0.392. The minimum atomic E-state index is -0.267. The number of carbonyl (C=O) groups excluding carboxylic acids is 1. The second-order valence-corrected chi connectivity index (χ2v) is 5.90. The molecule has 0 spiro atoms. The number of carbonyl (C=O) groups is 1. The number of hydrogen-bond donors (Lipinski definition) is 2. The van der Waals surface area contributed by atoms with Crippen LogP contribution in [0.1, 0.15) is 17.3 Å². The van der Waals surface area contributed by atoms with E-state index in [0.717, 1.165) is 5.75 Å². The molecule has 0 radical (unpaired) electrons. The molecular weight excluding hydrogens is 288 g/mol. The maximum absolute atomic E-state index is 12.0. The van der Waals surface area contributed by atoms with E-state index in [1.807, 2.05) is 13.2 Å². The minimum Gasteiger partial charge on any atom is -0.325 e. The van der Waals surface area contributed by atoms with Crippen LogP contribution in [-0.4, -0.2) is 39.1 Å². The number of H-pyrrole nitrogens is 1.